The molecule has 2 rings (SSSR count). The summed E-state index contributed by atoms with van der Waals surface area (Å²) in [5.74, 6) is -0.436. The van der Waals surface area contributed by atoms with Gasteiger partial charge in [-0.15, -0.1) is 0 Å². The number of nitrogens with zero attached hydrogens (tertiary/aromatic N) is 1. The van der Waals surface area contributed by atoms with E-state index in [1.807, 2.05) is 0 Å². The summed E-state index contributed by atoms with van der Waals surface area (Å²) in [6, 6.07) is -1.02. The van der Waals surface area contributed by atoms with E-state index in [-0.39, 0.29) is 16.7 Å². The Balaban J connectivity index is 0.000000533. The zero-order valence-electron chi connectivity index (χ0n) is 31.2. The Hall–Kier alpha value is -0.403. The molecule has 0 aliphatic carbocycles. The Labute approximate surface area is 281 Å². The fourth-order valence-electron chi connectivity index (χ4n) is 7.05. The molecule has 1 unspecified atom stereocenters. The molecule has 2 aliphatic heterocycles. The van der Waals surface area contributed by atoms with Crippen LogP contribution in [-0.2, 0) is 32.2 Å². The van der Waals surface area contributed by atoms with E-state index in [4.69, 9.17) is 27.7 Å². The number of hydrogen-bond acceptors (Lipinski definition) is 8. The van der Waals surface area contributed by atoms with Gasteiger partial charge in [-0.1, -0.05) is 94.9 Å². The number of nitrogens with one attached hydrogen (secondary N) is 1. The van der Waals surface area contributed by atoms with Crippen molar-refractivity contribution in [3.63, 3.8) is 0 Å². The molecule has 0 saturated carbocycles. The fourth-order valence-corrected chi connectivity index (χ4v) is 12.5. The Morgan fingerprint density at radius 2 is 1.37 bits per heavy atom. The predicted molar refractivity (Wildman–Crippen MR) is 183 cm³/mol. The lowest BCUT2D eigenvalue weighted by molar-refractivity contribution is -0.929. The number of unbranched alkanes of at least 4 members (excludes halogenated alkanes) is 4. The minimum absolute atomic E-state index is 0.145. The quantitative estimate of drug-likeness (QED) is 0.110. The van der Waals surface area contributed by atoms with Crippen LogP contribution in [-0.4, -0.2) is 94.4 Å². The second kappa shape index (κ2) is 19.1. The first kappa shape index (κ1) is 43.6. The molecule has 2 heterocycles. The number of quaternary nitrogens is 1. The first-order chi connectivity index (χ1) is 21.3. The number of hydrogen-bond donors (Lipinski definition) is 2. The largest absolute Gasteiger partial charge is 0.756 e. The SMILES string of the molecule is CCCC[N+](CCCC)(CCCC)CCCC.CO[C@@H]1[C@@H](NC(C)=O)[C@@H](OP(=O)([O-])O)O[C@@H]2CO[Si](C(C)(C)C)(C(C)(C)C)O[C@@H]12. The maximum absolute atomic E-state index is 11.7. The normalized spacial score (nSPS) is 26.3. The molecule has 0 bridgehead atoms. The summed E-state index contributed by atoms with van der Waals surface area (Å²) in [5.41, 5.74) is 0. The van der Waals surface area contributed by atoms with E-state index in [2.05, 4.69) is 74.6 Å². The molecule has 2 saturated heterocycles. The molecule has 13 heteroatoms. The minimum atomic E-state index is -5.13. The van der Waals surface area contributed by atoms with E-state index in [9.17, 15) is 14.3 Å². The summed E-state index contributed by atoms with van der Waals surface area (Å²) >= 11 is 0. The van der Waals surface area contributed by atoms with Crippen molar-refractivity contribution in [2.24, 2.45) is 0 Å². The predicted octanol–water partition coefficient (Wildman–Crippen LogP) is 6.17. The van der Waals surface area contributed by atoms with Crippen molar-refractivity contribution in [3.05, 3.63) is 0 Å². The van der Waals surface area contributed by atoms with Gasteiger partial charge in [0.15, 0.2) is 6.29 Å². The number of fused-ring (bicyclic) bond motifs is 1. The van der Waals surface area contributed by atoms with Crippen molar-refractivity contribution >= 4 is 22.3 Å². The molecule has 2 aliphatic rings. The summed E-state index contributed by atoms with van der Waals surface area (Å²) in [5, 5.41) is 2.02. The number of carbonyl (C=O) groups is 1. The molecule has 11 nitrogen and oxygen atoms in total. The van der Waals surface area contributed by atoms with E-state index in [0.29, 0.717) is 0 Å². The second-order valence-electron chi connectivity index (χ2n) is 15.2. The summed E-state index contributed by atoms with van der Waals surface area (Å²) < 4.78 is 41.8. The molecule has 2 fully saturated rings. The molecule has 0 aromatic carbocycles. The van der Waals surface area contributed by atoms with Crippen LogP contribution in [0.5, 0.6) is 0 Å². The van der Waals surface area contributed by atoms with Crippen molar-refractivity contribution in [2.75, 3.05) is 39.9 Å². The molecule has 2 N–H and O–H groups in total. The van der Waals surface area contributed by atoms with Crippen LogP contribution in [0, 0.1) is 0 Å². The lowest BCUT2D eigenvalue weighted by atomic mass is 9.96. The van der Waals surface area contributed by atoms with Crippen molar-refractivity contribution in [1.29, 1.82) is 0 Å². The van der Waals surface area contributed by atoms with Crippen LogP contribution in [0.4, 0.5) is 0 Å². The molecule has 46 heavy (non-hydrogen) atoms. The third-order valence-electron chi connectivity index (χ3n) is 9.20. The van der Waals surface area contributed by atoms with Crippen molar-refractivity contribution in [1.82, 2.24) is 5.32 Å². The fraction of sp³-hybridized carbons (Fsp3) is 0.970. The molecule has 0 spiro atoms. The van der Waals surface area contributed by atoms with Crippen LogP contribution in [0.1, 0.15) is 128 Å². The van der Waals surface area contributed by atoms with Gasteiger partial charge in [-0.3, -0.25) is 13.9 Å². The van der Waals surface area contributed by atoms with Crippen LogP contribution in [0.2, 0.25) is 10.1 Å². The molecule has 6 atom stereocenters. The second-order valence-corrected chi connectivity index (χ2v) is 21.1. The van der Waals surface area contributed by atoms with Gasteiger partial charge in [-0.05, 0) is 25.7 Å². The first-order valence-corrected chi connectivity index (χ1v) is 20.9. The minimum Gasteiger partial charge on any atom is -0.756 e. The number of amides is 1. The third-order valence-corrected chi connectivity index (χ3v) is 14.8. The highest BCUT2D eigenvalue weighted by Gasteiger charge is 2.65. The zero-order chi connectivity index (χ0) is 35.4. The highest BCUT2D eigenvalue weighted by atomic mass is 31.2. The van der Waals surface area contributed by atoms with Crippen LogP contribution < -0.4 is 10.2 Å². The van der Waals surface area contributed by atoms with Gasteiger partial charge in [0.1, 0.15) is 24.4 Å². The number of phosphoric acid groups is 1. The molecule has 0 radical (unpaired) electrons. The van der Waals surface area contributed by atoms with Gasteiger partial charge in [-0.2, -0.15) is 0 Å². The van der Waals surface area contributed by atoms with E-state index in [0.717, 1.165) is 0 Å². The van der Waals surface area contributed by atoms with Crippen LogP contribution >= 0.6 is 7.82 Å². The van der Waals surface area contributed by atoms with Crippen LogP contribution in [0.25, 0.3) is 0 Å². The smallest absolute Gasteiger partial charge is 0.349 e. The summed E-state index contributed by atoms with van der Waals surface area (Å²) in [6.45, 7) is 28.8. The van der Waals surface area contributed by atoms with E-state index in [1.165, 1.54) is 96.1 Å². The van der Waals surface area contributed by atoms with Gasteiger partial charge >= 0.3 is 8.56 Å². The Kier molecular flexibility index (Phi) is 18.1. The van der Waals surface area contributed by atoms with Crippen molar-refractivity contribution in [3.8, 4) is 0 Å². The standard InChI is InChI=1S/C17H34NO9PSi.C16H36N/c1-10(19)18-12-14(23-8)13-11(25-15(12)26-28(20,21)22)9-24-29(27-13,16(2,3)4)17(5,6)7;1-5-9-13-17(14-10-6-2,15-11-7-3)16-12-8-4/h11-15H,9H2,1-8H3,(H,18,19)(H2,20,21,22);5-16H2,1-4H3/q;+1/p-1/t11-,12-,13-,14-,15-;/m1./s1. The Morgan fingerprint density at radius 1 is 0.935 bits per heavy atom. The summed E-state index contributed by atoms with van der Waals surface area (Å²) in [4.78, 5) is 32.2. The number of phosphoric ester groups is 1. The van der Waals surface area contributed by atoms with Crippen molar-refractivity contribution in [2.45, 2.75) is 168 Å². The monoisotopic (exact) mass is 696 g/mol. The van der Waals surface area contributed by atoms with Gasteiger partial charge in [0.05, 0.1) is 32.8 Å². The third kappa shape index (κ3) is 12.5. The maximum atomic E-state index is 11.7. The van der Waals surface area contributed by atoms with Gasteiger partial charge < -0.3 is 37.9 Å². The lowest BCUT2D eigenvalue weighted by Crippen LogP contribution is -2.73. The van der Waals surface area contributed by atoms with Gasteiger partial charge in [0, 0.05) is 24.1 Å². The molecule has 1 amide bonds. The van der Waals surface area contributed by atoms with E-state index in [1.54, 1.807) is 0 Å². The molecular formula is C33H69N2O9PSi. The van der Waals surface area contributed by atoms with E-state index >= 15 is 0 Å². The number of methoxy groups -OCH3 is 1. The maximum Gasteiger partial charge on any atom is 0.349 e. The molecule has 274 valence electrons. The topological polar surface area (TPSA) is 136 Å². The molecule has 0 aromatic rings. The highest BCUT2D eigenvalue weighted by molar-refractivity contribution is 7.44. The van der Waals surface area contributed by atoms with E-state index < -0.39 is 52.9 Å². The van der Waals surface area contributed by atoms with Crippen LogP contribution in [0.15, 0.2) is 0 Å². The highest BCUT2D eigenvalue weighted by Crippen LogP contribution is 2.55. The molecular weight excluding hydrogens is 627 g/mol. The Morgan fingerprint density at radius 3 is 1.70 bits per heavy atom. The lowest BCUT2D eigenvalue weighted by Gasteiger charge is -2.58. The van der Waals surface area contributed by atoms with Crippen LogP contribution in [0.3, 0.4) is 0 Å². The number of carbonyl (C=O) groups excluding carboxylic acids is 1. The van der Waals surface area contributed by atoms with Gasteiger partial charge in [-0.25, -0.2) is 0 Å². The van der Waals surface area contributed by atoms with Gasteiger partial charge in [0.25, 0.3) is 7.82 Å². The first-order valence-electron chi connectivity index (χ1n) is 17.6. The zero-order valence-corrected chi connectivity index (χ0v) is 33.1. The average Bonchev–Trinajstić information content (AvgIpc) is 2.94. The summed E-state index contributed by atoms with van der Waals surface area (Å²) in [6.07, 6.45) is 7.47. The van der Waals surface area contributed by atoms with Gasteiger partial charge in [0.2, 0.25) is 5.91 Å². The summed E-state index contributed by atoms with van der Waals surface area (Å²) in [7, 11) is -6.57. The Bertz CT molecular complexity index is 886. The molecule has 0 aromatic heterocycles. The van der Waals surface area contributed by atoms with Crippen molar-refractivity contribution < 1.29 is 46.5 Å². The average molecular weight is 697 g/mol. The number of ether oxygens (including phenoxy) is 2. The number of rotatable bonds is 16.